The van der Waals surface area contributed by atoms with Crippen LogP contribution in [0.4, 0.5) is 10.1 Å². The Morgan fingerprint density at radius 1 is 1.16 bits per heavy atom. The summed E-state index contributed by atoms with van der Waals surface area (Å²) in [6.45, 7) is 2.22. The van der Waals surface area contributed by atoms with Crippen molar-refractivity contribution in [2.75, 3.05) is 5.32 Å². The first-order valence-corrected chi connectivity index (χ1v) is 8.12. The van der Waals surface area contributed by atoms with Crippen LogP contribution in [0.1, 0.15) is 35.7 Å². The maximum absolute atomic E-state index is 13.2. The SMILES string of the molecule is CC(N)CCC(=O)NCc1cccc(NC(=O)c2cccc(F)c2)c1. The van der Waals surface area contributed by atoms with Gasteiger partial charge in [0.1, 0.15) is 5.82 Å². The van der Waals surface area contributed by atoms with Gasteiger partial charge in [-0.1, -0.05) is 18.2 Å². The van der Waals surface area contributed by atoms with Crippen molar-refractivity contribution in [2.45, 2.75) is 32.4 Å². The zero-order chi connectivity index (χ0) is 18.2. The number of amides is 2. The minimum atomic E-state index is -0.462. The second-order valence-corrected chi connectivity index (χ2v) is 5.96. The van der Waals surface area contributed by atoms with E-state index in [0.29, 0.717) is 25.1 Å². The third kappa shape index (κ3) is 6.35. The smallest absolute Gasteiger partial charge is 0.255 e. The van der Waals surface area contributed by atoms with E-state index in [-0.39, 0.29) is 17.5 Å². The summed E-state index contributed by atoms with van der Waals surface area (Å²) in [7, 11) is 0. The second-order valence-electron chi connectivity index (χ2n) is 5.96. The molecule has 0 saturated heterocycles. The van der Waals surface area contributed by atoms with Gasteiger partial charge in [-0.15, -0.1) is 0 Å². The number of halogens is 1. The largest absolute Gasteiger partial charge is 0.352 e. The van der Waals surface area contributed by atoms with E-state index in [9.17, 15) is 14.0 Å². The molecule has 0 heterocycles. The molecule has 1 unspecified atom stereocenters. The van der Waals surface area contributed by atoms with Crippen LogP contribution in [0.15, 0.2) is 48.5 Å². The van der Waals surface area contributed by atoms with Crippen molar-refractivity contribution in [3.8, 4) is 0 Å². The quantitative estimate of drug-likeness (QED) is 0.723. The maximum Gasteiger partial charge on any atom is 0.255 e. The summed E-state index contributed by atoms with van der Waals surface area (Å²) in [6.07, 6.45) is 1.02. The van der Waals surface area contributed by atoms with E-state index < -0.39 is 11.7 Å². The maximum atomic E-state index is 13.2. The summed E-state index contributed by atoms with van der Waals surface area (Å²) in [5.74, 6) is -0.917. The molecule has 2 aromatic carbocycles. The Morgan fingerprint density at radius 2 is 1.92 bits per heavy atom. The molecule has 132 valence electrons. The number of hydrogen-bond acceptors (Lipinski definition) is 3. The van der Waals surface area contributed by atoms with Crippen LogP contribution in [-0.2, 0) is 11.3 Å². The normalized spacial score (nSPS) is 11.6. The summed E-state index contributed by atoms with van der Waals surface area (Å²) in [5.41, 5.74) is 7.31. The van der Waals surface area contributed by atoms with Crippen molar-refractivity contribution in [3.63, 3.8) is 0 Å². The van der Waals surface area contributed by atoms with Crippen LogP contribution < -0.4 is 16.4 Å². The fourth-order valence-corrected chi connectivity index (χ4v) is 2.24. The first-order chi connectivity index (χ1) is 11.9. The highest BCUT2D eigenvalue weighted by Gasteiger charge is 2.08. The van der Waals surface area contributed by atoms with Crippen LogP contribution in [0.5, 0.6) is 0 Å². The first-order valence-electron chi connectivity index (χ1n) is 8.12. The predicted octanol–water partition coefficient (Wildman–Crippen LogP) is 2.82. The van der Waals surface area contributed by atoms with E-state index in [0.717, 1.165) is 5.56 Å². The van der Waals surface area contributed by atoms with E-state index in [2.05, 4.69) is 10.6 Å². The minimum Gasteiger partial charge on any atom is -0.352 e. The second kappa shape index (κ2) is 8.94. The minimum absolute atomic E-state index is 0.00730. The van der Waals surface area contributed by atoms with E-state index in [1.807, 2.05) is 13.0 Å². The van der Waals surface area contributed by atoms with Gasteiger partial charge in [-0.05, 0) is 49.2 Å². The number of nitrogens with two attached hydrogens (primary N) is 1. The molecule has 5 nitrogen and oxygen atoms in total. The molecule has 0 aliphatic heterocycles. The van der Waals surface area contributed by atoms with E-state index >= 15 is 0 Å². The van der Waals surface area contributed by atoms with Crippen molar-refractivity contribution in [1.29, 1.82) is 0 Å². The van der Waals surface area contributed by atoms with Gasteiger partial charge in [0.2, 0.25) is 5.91 Å². The number of rotatable bonds is 7. The molecule has 2 aromatic rings. The molecule has 0 radical (unpaired) electrons. The molecule has 2 rings (SSSR count). The highest BCUT2D eigenvalue weighted by Crippen LogP contribution is 2.13. The molecule has 0 aromatic heterocycles. The van der Waals surface area contributed by atoms with Gasteiger partial charge in [0.05, 0.1) is 0 Å². The van der Waals surface area contributed by atoms with Crippen LogP contribution in [0.3, 0.4) is 0 Å². The Labute approximate surface area is 146 Å². The number of anilines is 1. The van der Waals surface area contributed by atoms with Crippen molar-refractivity contribution < 1.29 is 14.0 Å². The van der Waals surface area contributed by atoms with Gasteiger partial charge in [0.15, 0.2) is 0 Å². The Balaban J connectivity index is 1.92. The third-order valence-electron chi connectivity index (χ3n) is 3.59. The Hall–Kier alpha value is -2.73. The molecule has 4 N–H and O–H groups in total. The molecule has 0 bridgehead atoms. The molecule has 6 heteroatoms. The van der Waals surface area contributed by atoms with Gasteiger partial charge in [-0.3, -0.25) is 9.59 Å². The van der Waals surface area contributed by atoms with E-state index in [1.165, 1.54) is 18.2 Å². The number of nitrogens with one attached hydrogen (secondary N) is 2. The lowest BCUT2D eigenvalue weighted by Gasteiger charge is -2.09. The highest BCUT2D eigenvalue weighted by atomic mass is 19.1. The van der Waals surface area contributed by atoms with Crippen LogP contribution in [0, 0.1) is 5.82 Å². The van der Waals surface area contributed by atoms with Gasteiger partial charge < -0.3 is 16.4 Å². The number of carbonyl (C=O) groups is 2. The van der Waals surface area contributed by atoms with E-state index in [4.69, 9.17) is 5.73 Å². The van der Waals surface area contributed by atoms with Crippen LogP contribution >= 0.6 is 0 Å². The molecule has 0 spiro atoms. The average Bonchev–Trinajstić information content (AvgIpc) is 2.58. The molecule has 2 amide bonds. The van der Waals surface area contributed by atoms with Gasteiger partial charge >= 0.3 is 0 Å². The Bertz CT molecular complexity index is 747. The van der Waals surface area contributed by atoms with Gasteiger partial charge in [0.25, 0.3) is 5.91 Å². The van der Waals surface area contributed by atoms with Crippen molar-refractivity contribution in [3.05, 3.63) is 65.5 Å². The zero-order valence-corrected chi connectivity index (χ0v) is 14.1. The third-order valence-corrected chi connectivity index (χ3v) is 3.59. The van der Waals surface area contributed by atoms with Crippen molar-refractivity contribution in [1.82, 2.24) is 5.32 Å². The Kier molecular flexibility index (Phi) is 6.65. The number of hydrogen-bond donors (Lipinski definition) is 3. The lowest BCUT2D eigenvalue weighted by atomic mass is 10.1. The van der Waals surface area contributed by atoms with Crippen LogP contribution in [0.25, 0.3) is 0 Å². The highest BCUT2D eigenvalue weighted by molar-refractivity contribution is 6.04. The molecule has 0 fully saturated rings. The fourth-order valence-electron chi connectivity index (χ4n) is 2.24. The summed E-state index contributed by atoms with van der Waals surface area (Å²) in [6, 6.07) is 12.6. The van der Waals surface area contributed by atoms with Gasteiger partial charge in [0, 0.05) is 30.3 Å². The average molecular weight is 343 g/mol. The molecule has 0 aliphatic carbocycles. The molecule has 25 heavy (non-hydrogen) atoms. The fraction of sp³-hybridized carbons (Fsp3) is 0.263. The predicted molar refractivity (Wildman–Crippen MR) is 95.5 cm³/mol. The number of benzene rings is 2. The summed E-state index contributed by atoms with van der Waals surface area (Å²) >= 11 is 0. The zero-order valence-electron chi connectivity index (χ0n) is 14.1. The lowest BCUT2D eigenvalue weighted by Crippen LogP contribution is -2.25. The van der Waals surface area contributed by atoms with Crippen molar-refractivity contribution >= 4 is 17.5 Å². The van der Waals surface area contributed by atoms with Gasteiger partial charge in [-0.2, -0.15) is 0 Å². The standard InChI is InChI=1S/C19H22FN3O2/c1-13(21)8-9-18(24)22-12-14-4-2-7-17(10-14)23-19(25)15-5-3-6-16(20)11-15/h2-7,10-11,13H,8-9,12,21H2,1H3,(H,22,24)(H,23,25). The van der Waals surface area contributed by atoms with Crippen LogP contribution in [0.2, 0.25) is 0 Å². The van der Waals surface area contributed by atoms with Crippen molar-refractivity contribution in [2.24, 2.45) is 5.73 Å². The molecule has 1 atom stereocenters. The summed E-state index contributed by atoms with van der Waals surface area (Å²) < 4.78 is 13.2. The molecule has 0 saturated carbocycles. The first kappa shape index (κ1) is 18.6. The summed E-state index contributed by atoms with van der Waals surface area (Å²) in [4.78, 5) is 23.9. The Morgan fingerprint density at radius 3 is 2.64 bits per heavy atom. The number of carbonyl (C=O) groups excluding carboxylic acids is 2. The van der Waals surface area contributed by atoms with Crippen LogP contribution in [-0.4, -0.2) is 17.9 Å². The molecule has 0 aliphatic rings. The molecular formula is C19H22FN3O2. The monoisotopic (exact) mass is 343 g/mol. The topological polar surface area (TPSA) is 84.2 Å². The van der Waals surface area contributed by atoms with E-state index in [1.54, 1.807) is 24.3 Å². The molecular weight excluding hydrogens is 321 g/mol. The lowest BCUT2D eigenvalue weighted by molar-refractivity contribution is -0.121. The summed E-state index contributed by atoms with van der Waals surface area (Å²) in [5, 5.41) is 5.54. The van der Waals surface area contributed by atoms with Gasteiger partial charge in [-0.25, -0.2) is 4.39 Å².